The van der Waals surface area contributed by atoms with Gasteiger partial charge in [-0.3, -0.25) is 4.79 Å². The van der Waals surface area contributed by atoms with E-state index in [0.29, 0.717) is 22.8 Å². The second kappa shape index (κ2) is 7.09. The molecule has 0 radical (unpaired) electrons. The summed E-state index contributed by atoms with van der Waals surface area (Å²) >= 11 is 1.44. The molecule has 0 unspecified atom stereocenters. The highest BCUT2D eigenvalue weighted by atomic mass is 32.2. The smallest absolute Gasteiger partial charge is 0.259 e. The molecule has 1 heterocycles. The second-order valence-corrected chi connectivity index (χ2v) is 7.06. The zero-order valence-electron chi connectivity index (χ0n) is 13.8. The van der Waals surface area contributed by atoms with Crippen molar-refractivity contribution in [3.8, 4) is 0 Å². The monoisotopic (exact) mass is 317 g/mol. The molecule has 0 bridgehead atoms. The van der Waals surface area contributed by atoms with Gasteiger partial charge in [-0.1, -0.05) is 51.6 Å². The number of carbonyl (C=O) groups excluding carboxylic acids is 1. The van der Waals surface area contributed by atoms with Crippen molar-refractivity contribution in [3.63, 3.8) is 0 Å². The summed E-state index contributed by atoms with van der Waals surface area (Å²) in [6, 6.07) is 6.28. The molecule has 0 N–H and O–H groups in total. The van der Waals surface area contributed by atoms with Gasteiger partial charge < -0.3 is 0 Å². The van der Waals surface area contributed by atoms with Gasteiger partial charge in [0.1, 0.15) is 0 Å². The second-order valence-electron chi connectivity index (χ2n) is 6.11. The topological polar surface area (TPSA) is 45.0 Å². The molecule has 1 saturated heterocycles. The first-order valence-electron chi connectivity index (χ1n) is 7.57. The Morgan fingerprint density at radius 3 is 2.64 bits per heavy atom. The van der Waals surface area contributed by atoms with Crippen molar-refractivity contribution in [2.45, 2.75) is 40.5 Å². The maximum absolute atomic E-state index is 12.0. The third-order valence-corrected chi connectivity index (χ3v) is 4.16. The molecule has 118 valence electrons. The number of aliphatic imine (C=N–C) groups is 1. The highest BCUT2D eigenvalue weighted by Crippen LogP contribution is 2.31. The summed E-state index contributed by atoms with van der Waals surface area (Å²) in [7, 11) is 0. The Labute approximate surface area is 136 Å². The van der Waals surface area contributed by atoms with Crippen molar-refractivity contribution in [2.24, 2.45) is 16.0 Å². The molecular formula is C17H23N3OS. The van der Waals surface area contributed by atoms with Crippen molar-refractivity contribution in [1.29, 1.82) is 0 Å². The van der Waals surface area contributed by atoms with Gasteiger partial charge in [0.15, 0.2) is 5.17 Å². The first kappa shape index (κ1) is 16.7. The zero-order chi connectivity index (χ0) is 16.3. The quantitative estimate of drug-likeness (QED) is 0.776. The lowest BCUT2D eigenvalue weighted by atomic mass is 10.00. The van der Waals surface area contributed by atoms with Crippen molar-refractivity contribution in [1.82, 2.24) is 5.01 Å². The summed E-state index contributed by atoms with van der Waals surface area (Å²) in [5, 5.41) is 6.37. The molecule has 5 heteroatoms. The van der Waals surface area contributed by atoms with E-state index in [1.807, 2.05) is 13.8 Å². The maximum atomic E-state index is 12.0. The lowest BCUT2D eigenvalue weighted by molar-refractivity contribution is -0.124. The Balaban J connectivity index is 2.39. The highest BCUT2D eigenvalue weighted by molar-refractivity contribution is 8.15. The van der Waals surface area contributed by atoms with Crippen LogP contribution in [0.25, 0.3) is 0 Å². The third-order valence-electron chi connectivity index (χ3n) is 3.25. The Morgan fingerprint density at radius 1 is 1.27 bits per heavy atom. The fraction of sp³-hybridized carbons (Fsp3) is 0.471. The highest BCUT2D eigenvalue weighted by Gasteiger charge is 2.28. The fourth-order valence-corrected chi connectivity index (χ4v) is 2.90. The molecule has 0 atom stereocenters. The van der Waals surface area contributed by atoms with Crippen LogP contribution in [0.4, 0.5) is 5.69 Å². The molecule has 1 amide bonds. The van der Waals surface area contributed by atoms with Crippen LogP contribution in [-0.2, 0) is 4.79 Å². The molecule has 22 heavy (non-hydrogen) atoms. The van der Waals surface area contributed by atoms with Crippen molar-refractivity contribution in [2.75, 3.05) is 5.75 Å². The van der Waals surface area contributed by atoms with Crippen LogP contribution in [0, 0.1) is 12.8 Å². The van der Waals surface area contributed by atoms with E-state index in [4.69, 9.17) is 4.99 Å². The van der Waals surface area contributed by atoms with Crippen LogP contribution in [0.3, 0.4) is 0 Å². The van der Waals surface area contributed by atoms with Gasteiger partial charge in [-0.2, -0.15) is 10.1 Å². The van der Waals surface area contributed by atoms with E-state index in [1.165, 1.54) is 22.3 Å². The van der Waals surface area contributed by atoms with E-state index >= 15 is 0 Å². The number of carbonyl (C=O) groups is 1. The largest absolute Gasteiger partial charge is 0.271 e. The minimum Gasteiger partial charge on any atom is -0.271 e. The summed E-state index contributed by atoms with van der Waals surface area (Å²) in [5.74, 6) is 1.07. The Morgan fingerprint density at radius 2 is 2.00 bits per heavy atom. The van der Waals surface area contributed by atoms with Crippen LogP contribution in [0.5, 0.6) is 0 Å². The number of amides is 1. The number of rotatable bonds is 4. The number of hydrogen-bond acceptors (Lipinski definition) is 4. The summed E-state index contributed by atoms with van der Waals surface area (Å²) in [4.78, 5) is 16.7. The molecule has 0 aliphatic carbocycles. The van der Waals surface area contributed by atoms with Gasteiger partial charge in [0, 0.05) is 6.21 Å². The number of hydrazone groups is 1. The Kier molecular flexibility index (Phi) is 5.40. The van der Waals surface area contributed by atoms with E-state index in [0.717, 1.165) is 11.3 Å². The minimum absolute atomic E-state index is 0.0144. The van der Waals surface area contributed by atoms with E-state index in [9.17, 15) is 4.79 Å². The number of aryl methyl sites for hydroxylation is 1. The van der Waals surface area contributed by atoms with Crippen LogP contribution in [0.2, 0.25) is 0 Å². The van der Waals surface area contributed by atoms with Crippen LogP contribution in [0.15, 0.2) is 28.3 Å². The van der Waals surface area contributed by atoms with Gasteiger partial charge in [-0.05, 0) is 36.0 Å². The normalized spacial score (nSPS) is 17.7. The first-order valence-corrected chi connectivity index (χ1v) is 8.56. The van der Waals surface area contributed by atoms with E-state index in [2.05, 4.69) is 44.1 Å². The first-order chi connectivity index (χ1) is 10.4. The average Bonchev–Trinajstić information content (AvgIpc) is 2.77. The van der Waals surface area contributed by atoms with Gasteiger partial charge in [0.2, 0.25) is 0 Å². The Hall–Kier alpha value is -1.62. The molecule has 0 aromatic heterocycles. The zero-order valence-corrected chi connectivity index (χ0v) is 14.6. The van der Waals surface area contributed by atoms with Crippen LogP contribution >= 0.6 is 11.8 Å². The number of benzene rings is 1. The van der Waals surface area contributed by atoms with Gasteiger partial charge >= 0.3 is 0 Å². The van der Waals surface area contributed by atoms with E-state index in [1.54, 1.807) is 6.21 Å². The number of thioether (sulfide) groups is 1. The van der Waals surface area contributed by atoms with Crippen LogP contribution in [-0.4, -0.2) is 28.1 Å². The summed E-state index contributed by atoms with van der Waals surface area (Å²) in [6.07, 6.45) is 1.78. The summed E-state index contributed by atoms with van der Waals surface area (Å²) in [6.45, 7) is 10.4. The lowest BCUT2D eigenvalue weighted by Crippen LogP contribution is -2.24. The standard InChI is InChI=1S/C17H23N3OS/c1-11(2)9-18-20-16(21)10-22-17(20)19-15-8-13(5)6-7-14(15)12(3)4/h6-9,11-12H,10H2,1-5H3/b18-9+,19-17-. The molecule has 1 aromatic carbocycles. The molecule has 2 rings (SSSR count). The predicted molar refractivity (Wildman–Crippen MR) is 95.0 cm³/mol. The summed E-state index contributed by atoms with van der Waals surface area (Å²) in [5.41, 5.74) is 3.28. The van der Waals surface area contributed by atoms with Crippen LogP contribution < -0.4 is 0 Å². The summed E-state index contributed by atoms with van der Waals surface area (Å²) < 4.78 is 0. The minimum atomic E-state index is -0.0144. The maximum Gasteiger partial charge on any atom is 0.259 e. The van der Waals surface area contributed by atoms with Crippen molar-refractivity contribution in [3.05, 3.63) is 29.3 Å². The molecule has 1 aliphatic heterocycles. The molecule has 1 aliphatic rings. The Bertz CT molecular complexity index is 620. The van der Waals surface area contributed by atoms with Gasteiger partial charge in [-0.25, -0.2) is 4.99 Å². The van der Waals surface area contributed by atoms with Crippen molar-refractivity contribution >= 4 is 34.7 Å². The van der Waals surface area contributed by atoms with Crippen LogP contribution in [0.1, 0.15) is 44.7 Å². The van der Waals surface area contributed by atoms with Crippen molar-refractivity contribution < 1.29 is 4.79 Å². The van der Waals surface area contributed by atoms with E-state index in [-0.39, 0.29) is 5.91 Å². The lowest BCUT2D eigenvalue weighted by Gasteiger charge is -2.13. The fourth-order valence-electron chi connectivity index (χ4n) is 2.09. The van der Waals surface area contributed by atoms with Gasteiger partial charge in [-0.15, -0.1) is 0 Å². The van der Waals surface area contributed by atoms with Gasteiger partial charge in [0.05, 0.1) is 11.4 Å². The van der Waals surface area contributed by atoms with Gasteiger partial charge in [0.25, 0.3) is 5.91 Å². The van der Waals surface area contributed by atoms with E-state index < -0.39 is 0 Å². The predicted octanol–water partition coefficient (Wildman–Crippen LogP) is 4.32. The molecule has 1 aromatic rings. The SMILES string of the molecule is Cc1ccc(C(C)C)c(/N=C2\SCC(=O)N2/N=C/C(C)C)c1. The third kappa shape index (κ3) is 3.97. The molecule has 1 fully saturated rings. The molecule has 0 saturated carbocycles. The number of hydrogen-bond donors (Lipinski definition) is 0. The molecular weight excluding hydrogens is 294 g/mol. The average molecular weight is 317 g/mol. The number of amidine groups is 1. The molecule has 0 spiro atoms. The molecule has 4 nitrogen and oxygen atoms in total. The number of nitrogens with zero attached hydrogens (tertiary/aromatic N) is 3.